The first-order valence-corrected chi connectivity index (χ1v) is 12.0. The highest BCUT2D eigenvalue weighted by molar-refractivity contribution is 6.01. The number of rotatable bonds is 5. The fourth-order valence-electron chi connectivity index (χ4n) is 4.61. The molecule has 5 rings (SSSR count). The second kappa shape index (κ2) is 9.52. The number of aliphatic hydroxyl groups is 1. The van der Waals surface area contributed by atoms with Gasteiger partial charge in [0, 0.05) is 35.8 Å². The number of hydrogen-bond donors (Lipinski definition) is 1. The van der Waals surface area contributed by atoms with Gasteiger partial charge in [-0.25, -0.2) is 9.83 Å². The molecule has 0 unspecified atom stereocenters. The largest absolute Gasteiger partial charge is 0.494 e. The van der Waals surface area contributed by atoms with Crippen LogP contribution in [0.25, 0.3) is 26.9 Å². The van der Waals surface area contributed by atoms with Crippen LogP contribution in [0.15, 0.2) is 67.0 Å². The molecule has 3 heterocycles. The predicted molar refractivity (Wildman–Crippen MR) is 144 cm³/mol. The Hall–Kier alpha value is -4.48. The summed E-state index contributed by atoms with van der Waals surface area (Å²) in [4.78, 5) is 29.4. The van der Waals surface area contributed by atoms with Crippen LogP contribution >= 0.6 is 0 Å². The first-order valence-electron chi connectivity index (χ1n) is 12.0. The Balaban J connectivity index is 1.43. The molecule has 8 nitrogen and oxygen atoms in total. The van der Waals surface area contributed by atoms with Crippen LogP contribution in [-0.2, 0) is 10.4 Å². The molecule has 1 amide bonds. The number of carbonyl (C=O) groups excluding carboxylic acids is 1. The molecule has 1 aliphatic heterocycles. The third-order valence-corrected chi connectivity index (χ3v) is 6.63. The van der Waals surface area contributed by atoms with Crippen molar-refractivity contribution in [3.63, 3.8) is 0 Å². The molecule has 1 N–H and O–H groups in total. The van der Waals surface area contributed by atoms with Gasteiger partial charge in [0.25, 0.3) is 0 Å². The average molecular weight is 494 g/mol. The van der Waals surface area contributed by atoms with E-state index in [-0.39, 0.29) is 12.5 Å². The summed E-state index contributed by atoms with van der Waals surface area (Å²) in [7, 11) is 1.63. The van der Waals surface area contributed by atoms with E-state index in [0.717, 1.165) is 27.7 Å². The number of hydrogen-bond acceptors (Lipinski definition) is 6. The van der Waals surface area contributed by atoms with Crippen LogP contribution in [0.4, 0.5) is 17.2 Å². The number of para-hydroxylation sites is 1. The SMILES string of the molecule is [C-]#[N+]c1ccc(-c2cccc3c(OC)c(N4CCN(c5ccc(C(C)(C)O)cn5)C(=O)C4)cnc23)cc1. The average Bonchev–Trinajstić information content (AvgIpc) is 2.91. The maximum absolute atomic E-state index is 13.1. The van der Waals surface area contributed by atoms with Gasteiger partial charge in [0.2, 0.25) is 5.91 Å². The van der Waals surface area contributed by atoms with Gasteiger partial charge in [-0.15, -0.1) is 0 Å². The molecule has 0 atom stereocenters. The van der Waals surface area contributed by atoms with Gasteiger partial charge in [-0.2, -0.15) is 0 Å². The van der Waals surface area contributed by atoms with Crippen molar-refractivity contribution in [1.82, 2.24) is 9.97 Å². The monoisotopic (exact) mass is 493 g/mol. The second-order valence-electron chi connectivity index (χ2n) is 9.47. The Kier molecular flexibility index (Phi) is 6.24. The highest BCUT2D eigenvalue weighted by Gasteiger charge is 2.29. The number of pyridine rings is 2. The molecule has 4 aromatic rings. The number of anilines is 2. The minimum atomic E-state index is -0.991. The Morgan fingerprint density at radius 1 is 1.03 bits per heavy atom. The van der Waals surface area contributed by atoms with Crippen molar-refractivity contribution in [1.29, 1.82) is 0 Å². The summed E-state index contributed by atoms with van der Waals surface area (Å²) in [6.07, 6.45) is 3.37. The van der Waals surface area contributed by atoms with Crippen molar-refractivity contribution in [3.8, 4) is 16.9 Å². The number of fused-ring (bicyclic) bond motifs is 1. The molecule has 2 aromatic carbocycles. The molecule has 1 fully saturated rings. The number of nitrogens with zero attached hydrogens (tertiary/aromatic N) is 5. The van der Waals surface area contributed by atoms with E-state index in [0.29, 0.717) is 35.9 Å². The molecular weight excluding hydrogens is 466 g/mol. The Morgan fingerprint density at radius 3 is 2.43 bits per heavy atom. The van der Waals surface area contributed by atoms with E-state index < -0.39 is 5.60 Å². The van der Waals surface area contributed by atoms with E-state index in [1.807, 2.05) is 35.2 Å². The molecule has 1 saturated heterocycles. The summed E-state index contributed by atoms with van der Waals surface area (Å²) >= 11 is 0. The number of benzene rings is 2. The summed E-state index contributed by atoms with van der Waals surface area (Å²) in [5.74, 6) is 1.15. The normalized spacial score (nSPS) is 14.1. The quantitative estimate of drug-likeness (QED) is 0.397. The smallest absolute Gasteiger partial charge is 0.247 e. The highest BCUT2D eigenvalue weighted by atomic mass is 16.5. The molecule has 0 spiro atoms. The molecule has 2 aromatic heterocycles. The van der Waals surface area contributed by atoms with Gasteiger partial charge in [-0.3, -0.25) is 14.7 Å². The molecule has 186 valence electrons. The van der Waals surface area contributed by atoms with Gasteiger partial charge in [0.1, 0.15) is 5.82 Å². The Labute approximate surface area is 215 Å². The van der Waals surface area contributed by atoms with Crippen molar-refractivity contribution >= 4 is 34.0 Å². The molecule has 0 bridgehead atoms. The lowest BCUT2D eigenvalue weighted by molar-refractivity contribution is -0.117. The van der Waals surface area contributed by atoms with Gasteiger partial charge in [0.05, 0.1) is 43.2 Å². The third-order valence-electron chi connectivity index (χ3n) is 6.63. The van der Waals surface area contributed by atoms with Crippen LogP contribution in [-0.4, -0.2) is 47.7 Å². The van der Waals surface area contributed by atoms with Gasteiger partial charge in [-0.1, -0.05) is 42.5 Å². The van der Waals surface area contributed by atoms with Crippen LogP contribution in [0.5, 0.6) is 5.75 Å². The maximum atomic E-state index is 13.1. The van der Waals surface area contributed by atoms with Crippen molar-refractivity contribution in [2.75, 3.05) is 36.5 Å². The maximum Gasteiger partial charge on any atom is 0.247 e. The molecule has 8 heteroatoms. The number of piperazine rings is 1. The van der Waals surface area contributed by atoms with Crippen molar-refractivity contribution in [2.24, 2.45) is 0 Å². The number of ether oxygens (including phenoxy) is 1. The van der Waals surface area contributed by atoms with Crippen LogP contribution in [0.1, 0.15) is 19.4 Å². The number of aromatic nitrogens is 2. The van der Waals surface area contributed by atoms with E-state index in [4.69, 9.17) is 16.3 Å². The molecule has 1 aliphatic rings. The van der Waals surface area contributed by atoms with Crippen molar-refractivity contribution in [3.05, 3.63) is 84.0 Å². The van der Waals surface area contributed by atoms with E-state index in [1.54, 1.807) is 62.5 Å². The van der Waals surface area contributed by atoms with Gasteiger partial charge in [-0.05, 0) is 31.5 Å². The fraction of sp³-hybridized carbons (Fsp3) is 0.241. The number of carbonyl (C=O) groups is 1. The topological polar surface area (TPSA) is 83.1 Å². The summed E-state index contributed by atoms with van der Waals surface area (Å²) in [5, 5.41) is 11.0. The van der Waals surface area contributed by atoms with Crippen LogP contribution in [0.2, 0.25) is 0 Å². The van der Waals surface area contributed by atoms with E-state index in [2.05, 4.69) is 9.83 Å². The first-order chi connectivity index (χ1) is 17.8. The predicted octanol–water partition coefficient (Wildman–Crippen LogP) is 4.94. The molecule has 37 heavy (non-hydrogen) atoms. The zero-order chi connectivity index (χ0) is 26.2. The standard InChI is InChI=1S/C29H27N5O3/c1-29(2,36)20-10-13-25(31-16-20)34-15-14-33(18-26(34)35)24-17-32-27-22(6-5-7-23(27)28(24)37-4)19-8-11-21(30-3)12-9-19/h5-13,16-17,36H,14-15,18H2,1-2,4H3. The number of methoxy groups -OCH3 is 1. The van der Waals surface area contributed by atoms with Gasteiger partial charge < -0.3 is 14.7 Å². The lowest BCUT2D eigenvalue weighted by atomic mass is 10.0. The molecule has 0 saturated carbocycles. The second-order valence-corrected chi connectivity index (χ2v) is 9.47. The minimum Gasteiger partial charge on any atom is -0.494 e. The third kappa shape index (κ3) is 4.57. The summed E-state index contributed by atoms with van der Waals surface area (Å²) < 4.78 is 5.85. The first kappa shape index (κ1) is 24.2. The van der Waals surface area contributed by atoms with Crippen molar-refractivity contribution < 1.29 is 14.6 Å². The summed E-state index contributed by atoms with van der Waals surface area (Å²) in [6, 6.07) is 16.9. The van der Waals surface area contributed by atoms with Gasteiger partial charge in [0.15, 0.2) is 11.4 Å². The zero-order valence-corrected chi connectivity index (χ0v) is 21.0. The fourth-order valence-corrected chi connectivity index (χ4v) is 4.61. The lowest BCUT2D eigenvalue weighted by Gasteiger charge is -2.35. The zero-order valence-electron chi connectivity index (χ0n) is 21.0. The minimum absolute atomic E-state index is 0.0782. The van der Waals surface area contributed by atoms with Crippen molar-refractivity contribution in [2.45, 2.75) is 19.4 Å². The number of amides is 1. The van der Waals surface area contributed by atoms with E-state index in [1.165, 1.54) is 0 Å². The molecular formula is C29H27N5O3. The van der Waals surface area contributed by atoms with Crippen LogP contribution < -0.4 is 14.5 Å². The molecule has 0 aliphatic carbocycles. The Bertz CT molecular complexity index is 1500. The lowest BCUT2D eigenvalue weighted by Crippen LogP contribution is -2.51. The van der Waals surface area contributed by atoms with Crippen LogP contribution in [0.3, 0.4) is 0 Å². The van der Waals surface area contributed by atoms with Crippen LogP contribution in [0, 0.1) is 6.57 Å². The van der Waals surface area contributed by atoms with E-state index in [9.17, 15) is 9.90 Å². The summed E-state index contributed by atoms with van der Waals surface area (Å²) in [6.45, 7) is 11.8. The highest BCUT2D eigenvalue weighted by Crippen LogP contribution is 2.39. The Morgan fingerprint density at radius 2 is 1.81 bits per heavy atom. The summed E-state index contributed by atoms with van der Waals surface area (Å²) in [5.41, 5.74) is 3.75. The molecule has 0 radical (unpaired) electrons. The van der Waals surface area contributed by atoms with Gasteiger partial charge >= 0.3 is 0 Å². The van der Waals surface area contributed by atoms with E-state index >= 15 is 0 Å².